The van der Waals surface area contributed by atoms with Crippen LogP contribution in [0.3, 0.4) is 0 Å². The van der Waals surface area contributed by atoms with Crippen LogP contribution in [0, 0.1) is 5.92 Å². The number of rotatable bonds is 6. The van der Waals surface area contributed by atoms with Crippen molar-refractivity contribution in [1.82, 2.24) is 0 Å². The van der Waals surface area contributed by atoms with Crippen molar-refractivity contribution in [3.8, 4) is 11.5 Å². The summed E-state index contributed by atoms with van der Waals surface area (Å²) in [7, 11) is 3.08. The van der Waals surface area contributed by atoms with E-state index in [1.54, 1.807) is 13.2 Å². The highest BCUT2D eigenvalue weighted by Gasteiger charge is 2.37. The molecule has 6 heteroatoms. The van der Waals surface area contributed by atoms with Crippen molar-refractivity contribution >= 4 is 5.78 Å². The van der Waals surface area contributed by atoms with Crippen LogP contribution >= 0.6 is 0 Å². The Bertz CT molecular complexity index is 610. The highest BCUT2D eigenvalue weighted by atomic mass is 16.8. The normalized spacial score (nSPS) is 25.8. The van der Waals surface area contributed by atoms with Crippen molar-refractivity contribution < 1.29 is 29.2 Å². The van der Waals surface area contributed by atoms with Gasteiger partial charge >= 0.3 is 0 Å². The number of ketones is 1. The molecule has 1 aliphatic rings. The second-order valence-electron chi connectivity index (χ2n) is 5.74. The van der Waals surface area contributed by atoms with Crippen molar-refractivity contribution in [1.29, 1.82) is 0 Å². The number of ether oxygens (including phenoxy) is 3. The molecule has 1 aliphatic heterocycles. The highest BCUT2D eigenvalue weighted by Crippen LogP contribution is 2.33. The quantitative estimate of drug-likeness (QED) is 0.613. The number of carbonyl (C=O) groups is 1. The van der Waals surface area contributed by atoms with E-state index in [0.29, 0.717) is 19.3 Å². The van der Waals surface area contributed by atoms with Crippen LogP contribution in [-0.2, 0) is 25.4 Å². The van der Waals surface area contributed by atoms with E-state index in [0.717, 1.165) is 11.1 Å². The lowest BCUT2D eigenvalue weighted by atomic mass is 9.85. The van der Waals surface area contributed by atoms with Gasteiger partial charge < -0.3 is 24.4 Å². The number of phenols is 2. The third kappa shape index (κ3) is 4.14. The molecule has 2 rings (SSSR count). The standard InChI is InChI=1S/C18H24O6/c1-4-12-13(10-17(22-2)24-18(12)23-3)14(19)7-5-11-6-8-15(20)16(21)9-11/h4,6,8-9,13,17-18,20-21H,5,7,10H2,1-3H3/b12-4-/t13-,17+,18-/m0/s1. The van der Waals surface area contributed by atoms with Crippen LogP contribution in [0.2, 0.25) is 0 Å². The molecular weight excluding hydrogens is 312 g/mol. The second kappa shape index (κ2) is 8.28. The zero-order valence-corrected chi connectivity index (χ0v) is 14.2. The van der Waals surface area contributed by atoms with E-state index in [2.05, 4.69) is 0 Å². The van der Waals surface area contributed by atoms with Gasteiger partial charge in [0.15, 0.2) is 24.1 Å². The van der Waals surface area contributed by atoms with Crippen LogP contribution in [0.4, 0.5) is 0 Å². The molecule has 1 aromatic carbocycles. The van der Waals surface area contributed by atoms with Crippen LogP contribution in [-0.4, -0.2) is 42.8 Å². The number of allylic oxidation sites excluding steroid dienone is 1. The lowest BCUT2D eigenvalue weighted by molar-refractivity contribution is -0.237. The lowest BCUT2D eigenvalue weighted by Gasteiger charge is -2.35. The largest absolute Gasteiger partial charge is 0.504 e. The predicted molar refractivity (Wildman–Crippen MR) is 87.6 cm³/mol. The lowest BCUT2D eigenvalue weighted by Crippen LogP contribution is -2.40. The Labute approximate surface area is 141 Å². The number of aromatic hydroxyl groups is 2. The maximum absolute atomic E-state index is 12.7. The predicted octanol–water partition coefficient (Wildman–Crippen LogP) is 2.53. The van der Waals surface area contributed by atoms with Crippen LogP contribution < -0.4 is 0 Å². The molecule has 0 amide bonds. The molecule has 0 aliphatic carbocycles. The number of hydrogen-bond donors (Lipinski definition) is 2. The zero-order valence-electron chi connectivity index (χ0n) is 14.2. The van der Waals surface area contributed by atoms with Crippen molar-refractivity contribution in [2.45, 2.75) is 38.8 Å². The maximum Gasteiger partial charge on any atom is 0.183 e. The molecule has 0 spiro atoms. The molecule has 0 aromatic heterocycles. The molecule has 0 bridgehead atoms. The van der Waals surface area contributed by atoms with Crippen molar-refractivity contribution in [2.24, 2.45) is 5.92 Å². The van der Waals surface area contributed by atoms with Gasteiger partial charge in [-0.05, 0) is 36.6 Å². The molecule has 0 saturated carbocycles. The number of Topliss-reactive ketones (excluding diaryl/α,β-unsaturated/α-hetero) is 1. The van der Waals surface area contributed by atoms with Crippen LogP contribution in [0.25, 0.3) is 0 Å². The maximum atomic E-state index is 12.7. The molecule has 1 aromatic rings. The molecule has 0 radical (unpaired) electrons. The molecule has 24 heavy (non-hydrogen) atoms. The monoisotopic (exact) mass is 336 g/mol. The summed E-state index contributed by atoms with van der Waals surface area (Å²) in [6.07, 6.45) is 2.05. The van der Waals surface area contributed by atoms with Gasteiger partial charge in [-0.25, -0.2) is 0 Å². The summed E-state index contributed by atoms with van der Waals surface area (Å²) >= 11 is 0. The number of carbonyl (C=O) groups excluding carboxylic acids is 1. The Morgan fingerprint density at radius 3 is 2.62 bits per heavy atom. The summed E-state index contributed by atoms with van der Waals surface area (Å²) in [4.78, 5) is 12.7. The SMILES string of the molecule is C/C=C1\[C@@H](OC)O[C@@H](OC)C[C@@H]1C(=O)CCc1ccc(O)c(O)c1. The summed E-state index contributed by atoms with van der Waals surface area (Å²) in [6.45, 7) is 1.86. The summed E-state index contributed by atoms with van der Waals surface area (Å²) in [5.74, 6) is -0.594. The summed E-state index contributed by atoms with van der Waals surface area (Å²) in [5, 5.41) is 18.9. The number of methoxy groups -OCH3 is 2. The minimum Gasteiger partial charge on any atom is -0.504 e. The van der Waals surface area contributed by atoms with E-state index < -0.39 is 12.6 Å². The molecule has 2 N–H and O–H groups in total. The van der Waals surface area contributed by atoms with Gasteiger partial charge in [-0.3, -0.25) is 4.79 Å². The first kappa shape index (κ1) is 18.4. The fourth-order valence-electron chi connectivity index (χ4n) is 2.93. The second-order valence-corrected chi connectivity index (χ2v) is 5.74. The highest BCUT2D eigenvalue weighted by molar-refractivity contribution is 5.84. The minimum absolute atomic E-state index is 0.0723. The molecule has 3 atom stereocenters. The van der Waals surface area contributed by atoms with Crippen LogP contribution in [0.1, 0.15) is 25.3 Å². The Balaban J connectivity index is 2.06. The van der Waals surface area contributed by atoms with E-state index in [9.17, 15) is 15.0 Å². The topological polar surface area (TPSA) is 85.2 Å². The number of phenolic OH excluding ortho intramolecular Hbond substituents is 2. The Morgan fingerprint density at radius 1 is 1.29 bits per heavy atom. The van der Waals surface area contributed by atoms with E-state index in [1.807, 2.05) is 13.0 Å². The fraction of sp³-hybridized carbons (Fsp3) is 0.500. The molecule has 132 valence electrons. The first-order chi connectivity index (χ1) is 11.5. The number of hydrogen-bond acceptors (Lipinski definition) is 6. The molecule has 6 nitrogen and oxygen atoms in total. The summed E-state index contributed by atoms with van der Waals surface area (Å²) in [5.41, 5.74) is 1.60. The molecule has 1 heterocycles. The van der Waals surface area contributed by atoms with Gasteiger partial charge in [-0.15, -0.1) is 0 Å². The van der Waals surface area contributed by atoms with Crippen molar-refractivity contribution in [3.05, 3.63) is 35.4 Å². The van der Waals surface area contributed by atoms with Gasteiger partial charge in [-0.2, -0.15) is 0 Å². The van der Waals surface area contributed by atoms with E-state index >= 15 is 0 Å². The summed E-state index contributed by atoms with van der Waals surface area (Å²) in [6, 6.07) is 4.58. The van der Waals surface area contributed by atoms with Gasteiger partial charge in [-0.1, -0.05) is 12.1 Å². The van der Waals surface area contributed by atoms with Gasteiger partial charge in [0.1, 0.15) is 5.78 Å². The van der Waals surface area contributed by atoms with E-state index in [-0.39, 0.29) is 23.2 Å². The average molecular weight is 336 g/mol. The van der Waals surface area contributed by atoms with Gasteiger partial charge in [0.2, 0.25) is 0 Å². The number of benzene rings is 1. The van der Waals surface area contributed by atoms with Crippen molar-refractivity contribution in [3.63, 3.8) is 0 Å². The van der Waals surface area contributed by atoms with Gasteiger partial charge in [0.05, 0.1) is 0 Å². The van der Waals surface area contributed by atoms with E-state index in [4.69, 9.17) is 14.2 Å². The third-order valence-electron chi connectivity index (χ3n) is 4.28. The smallest absolute Gasteiger partial charge is 0.183 e. The number of aryl methyl sites for hydroxylation is 1. The minimum atomic E-state index is -0.583. The molecule has 1 saturated heterocycles. The first-order valence-corrected chi connectivity index (χ1v) is 7.90. The zero-order chi connectivity index (χ0) is 17.7. The van der Waals surface area contributed by atoms with Gasteiger partial charge in [0.25, 0.3) is 0 Å². The fourth-order valence-corrected chi connectivity index (χ4v) is 2.93. The Hall–Kier alpha value is -1.89. The molecule has 0 unspecified atom stereocenters. The van der Waals surface area contributed by atoms with Gasteiger partial charge in [0, 0.05) is 33.0 Å². The molecule has 1 fully saturated rings. The van der Waals surface area contributed by atoms with Crippen LogP contribution in [0.5, 0.6) is 11.5 Å². The third-order valence-corrected chi connectivity index (χ3v) is 4.28. The molecular formula is C18H24O6. The van der Waals surface area contributed by atoms with Crippen molar-refractivity contribution in [2.75, 3.05) is 14.2 Å². The van der Waals surface area contributed by atoms with E-state index in [1.165, 1.54) is 19.2 Å². The van der Waals surface area contributed by atoms with Crippen LogP contribution in [0.15, 0.2) is 29.8 Å². The average Bonchev–Trinajstić information content (AvgIpc) is 2.60. The Kier molecular flexibility index (Phi) is 6.36. The summed E-state index contributed by atoms with van der Waals surface area (Å²) < 4.78 is 16.2. The first-order valence-electron chi connectivity index (χ1n) is 7.90. The Morgan fingerprint density at radius 2 is 2.04 bits per heavy atom.